The summed E-state index contributed by atoms with van der Waals surface area (Å²) < 4.78 is 4.87. The van der Waals surface area contributed by atoms with E-state index in [0.29, 0.717) is 10.6 Å². The molecule has 0 unspecified atom stereocenters. The van der Waals surface area contributed by atoms with Gasteiger partial charge in [0.2, 0.25) is 0 Å². The first-order valence-corrected chi connectivity index (χ1v) is 9.58. The van der Waals surface area contributed by atoms with Gasteiger partial charge in [0, 0.05) is 17.1 Å². The van der Waals surface area contributed by atoms with Crippen LogP contribution in [0.2, 0.25) is 5.02 Å². The molecule has 0 aliphatic rings. The highest BCUT2D eigenvalue weighted by Gasteiger charge is 2.15. The Balaban J connectivity index is 1.71. The number of hydrogen-bond donors (Lipinski definition) is 2. The molecular formula is C22H25ClN2O4. The van der Waals surface area contributed by atoms with E-state index in [0.717, 1.165) is 11.1 Å². The molecule has 2 N–H and O–H groups in total. The molecule has 0 radical (unpaired) electrons. The second kappa shape index (κ2) is 10.1. The van der Waals surface area contributed by atoms with Crippen molar-refractivity contribution in [1.82, 2.24) is 10.6 Å². The SMILES string of the molecule is CC(C)(C)c1ccc(C(=O)NCC(=O)OCC(=O)NCc2cccc(Cl)c2)cc1. The molecule has 0 fully saturated rings. The van der Waals surface area contributed by atoms with Crippen LogP contribution >= 0.6 is 11.6 Å². The van der Waals surface area contributed by atoms with Gasteiger partial charge in [-0.15, -0.1) is 0 Å². The quantitative estimate of drug-likeness (QED) is 0.678. The summed E-state index contributed by atoms with van der Waals surface area (Å²) in [6.07, 6.45) is 0. The van der Waals surface area contributed by atoms with Crippen LogP contribution in [0, 0.1) is 0 Å². The van der Waals surface area contributed by atoms with Crippen molar-refractivity contribution in [3.8, 4) is 0 Å². The number of amides is 2. The molecule has 0 aromatic heterocycles. The lowest BCUT2D eigenvalue weighted by Crippen LogP contribution is -2.33. The lowest BCUT2D eigenvalue weighted by molar-refractivity contribution is -0.147. The first kappa shape index (κ1) is 22.4. The number of ether oxygens (including phenoxy) is 1. The van der Waals surface area contributed by atoms with Crippen molar-refractivity contribution < 1.29 is 19.1 Å². The molecule has 2 aromatic carbocycles. The van der Waals surface area contributed by atoms with Gasteiger partial charge in [-0.3, -0.25) is 14.4 Å². The molecule has 2 rings (SSSR count). The molecule has 0 saturated heterocycles. The Hall–Kier alpha value is -2.86. The number of rotatable bonds is 7. The molecule has 0 aliphatic carbocycles. The van der Waals surface area contributed by atoms with Gasteiger partial charge in [-0.1, -0.05) is 56.6 Å². The minimum atomic E-state index is -0.692. The summed E-state index contributed by atoms with van der Waals surface area (Å²) in [4.78, 5) is 35.6. The van der Waals surface area contributed by atoms with Gasteiger partial charge in [0.05, 0.1) is 0 Å². The maximum absolute atomic E-state index is 12.1. The number of benzene rings is 2. The highest BCUT2D eigenvalue weighted by Crippen LogP contribution is 2.22. The van der Waals surface area contributed by atoms with E-state index in [1.165, 1.54) is 0 Å². The summed E-state index contributed by atoms with van der Waals surface area (Å²) in [6, 6.07) is 14.3. The van der Waals surface area contributed by atoms with Gasteiger partial charge in [0.15, 0.2) is 6.61 Å². The average molecular weight is 417 g/mol. The Morgan fingerprint density at radius 1 is 1.00 bits per heavy atom. The highest BCUT2D eigenvalue weighted by molar-refractivity contribution is 6.30. The molecule has 6 nitrogen and oxygen atoms in total. The summed E-state index contributed by atoms with van der Waals surface area (Å²) in [7, 11) is 0. The number of halogens is 1. The normalized spacial score (nSPS) is 10.9. The second-order valence-electron chi connectivity index (χ2n) is 7.58. The maximum atomic E-state index is 12.1. The predicted octanol–water partition coefficient (Wildman–Crippen LogP) is 3.23. The van der Waals surface area contributed by atoms with Crippen molar-refractivity contribution >= 4 is 29.4 Å². The first-order chi connectivity index (χ1) is 13.6. The average Bonchev–Trinajstić information content (AvgIpc) is 2.68. The van der Waals surface area contributed by atoms with Crippen LogP contribution in [-0.2, 0) is 26.3 Å². The van der Waals surface area contributed by atoms with E-state index in [2.05, 4.69) is 31.4 Å². The fourth-order valence-electron chi connectivity index (χ4n) is 2.47. The topological polar surface area (TPSA) is 84.5 Å². The maximum Gasteiger partial charge on any atom is 0.325 e. The second-order valence-corrected chi connectivity index (χ2v) is 8.01. The zero-order chi connectivity index (χ0) is 21.4. The summed E-state index contributed by atoms with van der Waals surface area (Å²) in [5.74, 6) is -1.52. The zero-order valence-corrected chi connectivity index (χ0v) is 17.5. The smallest absolute Gasteiger partial charge is 0.325 e. The minimum Gasteiger partial charge on any atom is -0.454 e. The minimum absolute atomic E-state index is 0.00778. The number of nitrogens with one attached hydrogen (secondary N) is 2. The van der Waals surface area contributed by atoms with Crippen LogP contribution in [0.4, 0.5) is 0 Å². The third-order valence-corrected chi connectivity index (χ3v) is 4.38. The first-order valence-electron chi connectivity index (χ1n) is 9.20. The van der Waals surface area contributed by atoms with E-state index in [-0.39, 0.29) is 24.4 Å². The molecule has 0 aliphatic heterocycles. The number of carbonyl (C=O) groups excluding carboxylic acids is 3. The molecule has 7 heteroatoms. The molecule has 2 amide bonds. The van der Waals surface area contributed by atoms with Gasteiger partial charge in [0.1, 0.15) is 6.54 Å². The van der Waals surface area contributed by atoms with E-state index < -0.39 is 18.5 Å². The molecule has 0 saturated carbocycles. The standard InChI is InChI=1S/C22H25ClN2O4/c1-22(2,3)17-9-7-16(8-10-17)21(28)25-13-20(27)29-14-19(26)24-12-15-5-4-6-18(23)11-15/h4-11H,12-14H2,1-3H3,(H,24,26)(H,25,28). The van der Waals surface area contributed by atoms with E-state index in [1.54, 1.807) is 30.3 Å². The van der Waals surface area contributed by atoms with Crippen molar-refractivity contribution in [2.24, 2.45) is 0 Å². The molecule has 154 valence electrons. The van der Waals surface area contributed by atoms with Crippen LogP contribution in [0.15, 0.2) is 48.5 Å². The Kier molecular flexibility index (Phi) is 7.79. The third-order valence-electron chi connectivity index (χ3n) is 4.15. The molecule has 2 aromatic rings. The molecule has 29 heavy (non-hydrogen) atoms. The molecular weight excluding hydrogens is 392 g/mol. The van der Waals surface area contributed by atoms with Crippen LogP contribution in [0.3, 0.4) is 0 Å². The summed E-state index contributed by atoms with van der Waals surface area (Å²) in [6.45, 7) is 5.80. The largest absolute Gasteiger partial charge is 0.454 e. The van der Waals surface area contributed by atoms with Crippen molar-refractivity contribution in [2.45, 2.75) is 32.7 Å². The lowest BCUT2D eigenvalue weighted by atomic mass is 9.87. The number of esters is 1. The van der Waals surface area contributed by atoms with Gasteiger partial charge < -0.3 is 15.4 Å². The van der Waals surface area contributed by atoms with Crippen molar-refractivity contribution in [2.75, 3.05) is 13.2 Å². The van der Waals surface area contributed by atoms with Crippen LogP contribution < -0.4 is 10.6 Å². The predicted molar refractivity (Wildman–Crippen MR) is 112 cm³/mol. The highest BCUT2D eigenvalue weighted by atomic mass is 35.5. The monoisotopic (exact) mass is 416 g/mol. The fraction of sp³-hybridized carbons (Fsp3) is 0.318. The number of hydrogen-bond acceptors (Lipinski definition) is 4. The van der Waals surface area contributed by atoms with E-state index >= 15 is 0 Å². The van der Waals surface area contributed by atoms with Crippen molar-refractivity contribution in [1.29, 1.82) is 0 Å². The molecule has 0 spiro atoms. The zero-order valence-electron chi connectivity index (χ0n) is 16.8. The Morgan fingerprint density at radius 3 is 2.31 bits per heavy atom. The van der Waals surface area contributed by atoms with E-state index in [9.17, 15) is 14.4 Å². The van der Waals surface area contributed by atoms with Crippen LogP contribution in [0.1, 0.15) is 42.3 Å². The molecule has 0 bridgehead atoms. The summed E-state index contributed by atoms with van der Waals surface area (Å²) in [5.41, 5.74) is 2.39. The summed E-state index contributed by atoms with van der Waals surface area (Å²) in [5, 5.41) is 5.69. The lowest BCUT2D eigenvalue weighted by Gasteiger charge is -2.19. The van der Waals surface area contributed by atoms with Crippen LogP contribution in [0.25, 0.3) is 0 Å². The van der Waals surface area contributed by atoms with Crippen molar-refractivity contribution in [3.05, 3.63) is 70.2 Å². The Morgan fingerprint density at radius 2 is 1.69 bits per heavy atom. The van der Waals surface area contributed by atoms with Crippen LogP contribution in [0.5, 0.6) is 0 Å². The van der Waals surface area contributed by atoms with Crippen molar-refractivity contribution in [3.63, 3.8) is 0 Å². The summed E-state index contributed by atoms with van der Waals surface area (Å²) >= 11 is 5.88. The van der Waals surface area contributed by atoms with Gasteiger partial charge in [-0.2, -0.15) is 0 Å². The van der Waals surface area contributed by atoms with Gasteiger partial charge in [-0.25, -0.2) is 0 Å². The molecule has 0 heterocycles. The Labute approximate surface area is 175 Å². The Bertz CT molecular complexity index is 873. The van der Waals surface area contributed by atoms with Gasteiger partial charge in [-0.05, 0) is 40.8 Å². The van der Waals surface area contributed by atoms with Gasteiger partial charge in [0.25, 0.3) is 11.8 Å². The number of carbonyl (C=O) groups is 3. The van der Waals surface area contributed by atoms with E-state index in [4.69, 9.17) is 16.3 Å². The third kappa shape index (κ3) is 7.58. The van der Waals surface area contributed by atoms with Crippen LogP contribution in [-0.4, -0.2) is 30.9 Å². The van der Waals surface area contributed by atoms with Gasteiger partial charge >= 0.3 is 5.97 Å². The molecule has 0 atom stereocenters. The fourth-order valence-corrected chi connectivity index (χ4v) is 2.68. The van der Waals surface area contributed by atoms with E-state index in [1.807, 2.05) is 18.2 Å².